The van der Waals surface area contributed by atoms with E-state index in [4.69, 9.17) is 11.6 Å². The van der Waals surface area contributed by atoms with Gasteiger partial charge in [0.05, 0.1) is 10.6 Å². The van der Waals surface area contributed by atoms with E-state index in [9.17, 15) is 13.2 Å². The Labute approximate surface area is 176 Å². The van der Waals surface area contributed by atoms with Gasteiger partial charge in [0.15, 0.2) is 5.78 Å². The van der Waals surface area contributed by atoms with Crippen LogP contribution in [0, 0.1) is 11.3 Å². The van der Waals surface area contributed by atoms with Crippen molar-refractivity contribution in [3.05, 3.63) is 82.0 Å². The van der Waals surface area contributed by atoms with E-state index in [0.717, 1.165) is 0 Å². The van der Waals surface area contributed by atoms with E-state index in [1.807, 2.05) is 6.08 Å². The van der Waals surface area contributed by atoms with Gasteiger partial charge in [-0.15, -0.1) is 0 Å². The molecule has 0 amide bonds. The average Bonchev–Trinajstić information content (AvgIpc) is 2.69. The standard InChI is InChI=1S/C22H23ClN2O3S/c1-22(2,3)16-6-9-18(10-7-16)29(27,28)25-20-11-8-17(23)13-19(20)21(26)15-5-4-12-24-14-15/h4-6,8-14,16,25H,7H2,1-3H3. The fourth-order valence-electron chi connectivity index (χ4n) is 3.09. The van der Waals surface area contributed by atoms with Crippen LogP contribution in [0.1, 0.15) is 43.1 Å². The first-order valence-electron chi connectivity index (χ1n) is 9.23. The molecule has 2 aromatic rings. The lowest BCUT2D eigenvalue weighted by molar-refractivity contribution is 0.103. The first kappa shape index (κ1) is 21.3. The van der Waals surface area contributed by atoms with Crippen molar-refractivity contribution >= 4 is 33.1 Å². The molecule has 3 rings (SSSR count). The summed E-state index contributed by atoms with van der Waals surface area (Å²) in [4.78, 5) is 17.0. The minimum Gasteiger partial charge on any atom is -0.288 e. The van der Waals surface area contributed by atoms with Crippen LogP contribution >= 0.6 is 11.6 Å². The molecular weight excluding hydrogens is 408 g/mol. The van der Waals surface area contributed by atoms with Gasteiger partial charge in [-0.3, -0.25) is 14.5 Å². The van der Waals surface area contributed by atoms with Crippen LogP contribution in [0.15, 0.2) is 65.9 Å². The molecule has 1 aliphatic rings. The Kier molecular flexibility index (Phi) is 5.96. The van der Waals surface area contributed by atoms with Crippen molar-refractivity contribution in [1.82, 2.24) is 4.98 Å². The number of carbonyl (C=O) groups is 1. The molecule has 1 atom stereocenters. The van der Waals surface area contributed by atoms with E-state index in [2.05, 4.69) is 30.5 Å². The Morgan fingerprint density at radius 2 is 2.00 bits per heavy atom. The van der Waals surface area contributed by atoms with E-state index in [1.165, 1.54) is 18.3 Å². The monoisotopic (exact) mass is 430 g/mol. The maximum Gasteiger partial charge on any atom is 0.261 e. The Hall–Kier alpha value is -2.44. The second kappa shape index (κ2) is 8.13. The zero-order chi connectivity index (χ0) is 21.2. The molecule has 0 saturated heterocycles. The van der Waals surface area contributed by atoms with Gasteiger partial charge in [0.25, 0.3) is 10.0 Å². The molecule has 1 unspecified atom stereocenters. The number of hydrogen-bond acceptors (Lipinski definition) is 4. The van der Waals surface area contributed by atoms with Gasteiger partial charge >= 0.3 is 0 Å². The molecule has 0 saturated carbocycles. The molecule has 29 heavy (non-hydrogen) atoms. The highest BCUT2D eigenvalue weighted by molar-refractivity contribution is 7.96. The van der Waals surface area contributed by atoms with E-state index >= 15 is 0 Å². The number of carbonyl (C=O) groups excluding carboxylic acids is 1. The van der Waals surface area contributed by atoms with Crippen LogP contribution in [0.25, 0.3) is 0 Å². The predicted octanol–water partition coefficient (Wildman–Crippen LogP) is 5.21. The number of nitrogens with one attached hydrogen (secondary N) is 1. The van der Waals surface area contributed by atoms with Crippen LogP contribution < -0.4 is 4.72 Å². The number of halogens is 1. The van der Waals surface area contributed by atoms with Crippen molar-refractivity contribution in [2.75, 3.05) is 4.72 Å². The van der Waals surface area contributed by atoms with Crippen LogP contribution in [0.4, 0.5) is 5.69 Å². The number of rotatable bonds is 5. The molecule has 0 radical (unpaired) electrons. The highest BCUT2D eigenvalue weighted by atomic mass is 35.5. The van der Waals surface area contributed by atoms with Gasteiger partial charge in [-0.25, -0.2) is 8.42 Å². The van der Waals surface area contributed by atoms with Crippen LogP contribution in [0.3, 0.4) is 0 Å². The van der Waals surface area contributed by atoms with Crippen LogP contribution in [-0.4, -0.2) is 19.2 Å². The van der Waals surface area contributed by atoms with E-state index in [1.54, 1.807) is 36.5 Å². The van der Waals surface area contributed by atoms with Crippen LogP contribution in [0.5, 0.6) is 0 Å². The summed E-state index contributed by atoms with van der Waals surface area (Å²) in [6, 6.07) is 7.75. The highest BCUT2D eigenvalue weighted by Gasteiger charge is 2.27. The van der Waals surface area contributed by atoms with E-state index in [-0.39, 0.29) is 33.3 Å². The fraction of sp³-hybridized carbons (Fsp3) is 0.273. The van der Waals surface area contributed by atoms with Crippen molar-refractivity contribution < 1.29 is 13.2 Å². The molecule has 1 aromatic heterocycles. The predicted molar refractivity (Wildman–Crippen MR) is 116 cm³/mol. The second-order valence-corrected chi connectivity index (χ2v) is 10.2. The molecule has 0 fully saturated rings. The van der Waals surface area contributed by atoms with E-state index < -0.39 is 10.0 Å². The number of nitrogens with zero attached hydrogens (tertiary/aromatic N) is 1. The number of benzene rings is 1. The molecule has 1 N–H and O–H groups in total. The lowest BCUT2D eigenvalue weighted by Gasteiger charge is -2.29. The summed E-state index contributed by atoms with van der Waals surface area (Å²) >= 11 is 6.06. The molecule has 1 aromatic carbocycles. The van der Waals surface area contributed by atoms with Crippen molar-refractivity contribution in [1.29, 1.82) is 0 Å². The molecule has 5 nitrogen and oxygen atoms in total. The summed E-state index contributed by atoms with van der Waals surface area (Å²) in [5, 5.41) is 0.338. The number of ketones is 1. The third-order valence-electron chi connectivity index (χ3n) is 4.88. The number of sulfonamides is 1. The first-order chi connectivity index (χ1) is 13.6. The Balaban J connectivity index is 1.90. The topological polar surface area (TPSA) is 76.1 Å². The molecule has 0 aliphatic heterocycles. The van der Waals surface area contributed by atoms with Gasteiger partial charge in [0.1, 0.15) is 0 Å². The van der Waals surface area contributed by atoms with Gasteiger partial charge in [-0.2, -0.15) is 0 Å². The van der Waals surface area contributed by atoms with Crippen molar-refractivity contribution in [2.45, 2.75) is 27.2 Å². The molecule has 7 heteroatoms. The number of pyridine rings is 1. The van der Waals surface area contributed by atoms with Gasteiger partial charge < -0.3 is 0 Å². The van der Waals surface area contributed by atoms with Crippen molar-refractivity contribution in [3.63, 3.8) is 0 Å². The smallest absolute Gasteiger partial charge is 0.261 e. The largest absolute Gasteiger partial charge is 0.288 e. The lowest BCUT2D eigenvalue weighted by Crippen LogP contribution is -2.22. The highest BCUT2D eigenvalue weighted by Crippen LogP contribution is 2.34. The van der Waals surface area contributed by atoms with E-state index in [0.29, 0.717) is 17.0 Å². The van der Waals surface area contributed by atoms with Crippen molar-refractivity contribution in [3.8, 4) is 0 Å². The van der Waals surface area contributed by atoms with Crippen LogP contribution in [0.2, 0.25) is 5.02 Å². The number of aromatic nitrogens is 1. The van der Waals surface area contributed by atoms with Gasteiger partial charge in [-0.1, -0.05) is 44.5 Å². The Bertz CT molecular complexity index is 1080. The summed E-state index contributed by atoms with van der Waals surface area (Å²) < 4.78 is 28.4. The van der Waals surface area contributed by atoms with Gasteiger partial charge in [0, 0.05) is 28.5 Å². The molecule has 0 bridgehead atoms. The maximum absolute atomic E-state index is 12.9. The lowest BCUT2D eigenvalue weighted by atomic mass is 9.77. The number of allylic oxidation sites excluding steroid dienone is 3. The SMILES string of the molecule is CC(C)(C)C1C=CC(S(=O)(=O)Nc2ccc(Cl)cc2C(=O)c2cccnc2)=CC1. The van der Waals surface area contributed by atoms with Gasteiger partial charge in [-0.05, 0) is 54.2 Å². The third-order valence-corrected chi connectivity index (χ3v) is 6.53. The quantitative estimate of drug-likeness (QED) is 0.660. The number of anilines is 1. The Morgan fingerprint density at radius 1 is 1.24 bits per heavy atom. The maximum atomic E-state index is 12.9. The minimum atomic E-state index is -3.84. The number of hydrogen-bond donors (Lipinski definition) is 1. The molecule has 152 valence electrons. The molecule has 1 aliphatic carbocycles. The first-order valence-corrected chi connectivity index (χ1v) is 11.1. The molecule has 0 spiro atoms. The molecular formula is C22H23ClN2O3S. The van der Waals surface area contributed by atoms with Crippen LogP contribution in [-0.2, 0) is 10.0 Å². The molecule has 1 heterocycles. The summed E-state index contributed by atoms with van der Waals surface area (Å²) in [6.07, 6.45) is 8.90. The summed E-state index contributed by atoms with van der Waals surface area (Å²) in [6.45, 7) is 6.37. The second-order valence-electron chi connectivity index (χ2n) is 8.04. The normalized spacial score (nSPS) is 17.0. The summed E-state index contributed by atoms with van der Waals surface area (Å²) in [5.74, 6) is -0.0982. The average molecular weight is 431 g/mol. The third kappa shape index (κ3) is 4.95. The fourth-order valence-corrected chi connectivity index (χ4v) is 4.42. The van der Waals surface area contributed by atoms with Crippen molar-refractivity contribution in [2.24, 2.45) is 11.3 Å². The zero-order valence-corrected chi connectivity index (χ0v) is 18.1. The minimum absolute atomic E-state index is 0.0508. The Morgan fingerprint density at radius 3 is 2.59 bits per heavy atom. The van der Waals surface area contributed by atoms with Gasteiger partial charge in [0.2, 0.25) is 0 Å². The summed E-state index contributed by atoms with van der Waals surface area (Å²) in [5.41, 5.74) is 0.743. The zero-order valence-electron chi connectivity index (χ0n) is 16.5. The summed E-state index contributed by atoms with van der Waals surface area (Å²) in [7, 11) is -3.84.